The largest absolute Gasteiger partial charge is 0.491 e. The number of ketones is 1. The average Bonchev–Trinajstić information content (AvgIpc) is 2.43. The lowest BCUT2D eigenvalue weighted by atomic mass is 10.2. The predicted octanol–water partition coefficient (Wildman–Crippen LogP) is 3.68. The van der Waals surface area contributed by atoms with Crippen LogP contribution in [-0.2, 0) is 4.79 Å². The molecule has 0 fully saturated rings. The molecule has 0 unspecified atom stereocenters. The van der Waals surface area contributed by atoms with E-state index in [0.717, 1.165) is 28.8 Å². The van der Waals surface area contributed by atoms with Crippen LogP contribution in [0.1, 0.15) is 31.9 Å². The van der Waals surface area contributed by atoms with Gasteiger partial charge in [0, 0.05) is 23.9 Å². The molecule has 1 heterocycles. The molecule has 3 nitrogen and oxygen atoms in total. The number of Topliss-reactive ketones (excluding diaryl/α,β-unsaturated/α-hetero) is 1. The fourth-order valence-electron chi connectivity index (χ4n) is 1.96. The summed E-state index contributed by atoms with van der Waals surface area (Å²) in [5.41, 5.74) is 1.87. The molecule has 0 saturated heterocycles. The molecule has 0 saturated carbocycles. The Kier molecular flexibility index (Phi) is 4.50. The highest BCUT2D eigenvalue weighted by atomic mass is 16.5. The van der Waals surface area contributed by atoms with E-state index < -0.39 is 0 Å². The first-order valence-corrected chi connectivity index (χ1v) is 6.71. The Morgan fingerprint density at radius 1 is 1.26 bits per heavy atom. The highest BCUT2D eigenvalue weighted by Crippen LogP contribution is 2.24. The molecule has 1 aromatic carbocycles. The Morgan fingerprint density at radius 3 is 2.89 bits per heavy atom. The molecule has 0 atom stereocenters. The van der Waals surface area contributed by atoms with Gasteiger partial charge in [0.25, 0.3) is 0 Å². The fraction of sp³-hybridized carbons (Fsp3) is 0.375. The van der Waals surface area contributed by atoms with Crippen LogP contribution in [0.25, 0.3) is 10.9 Å². The maximum absolute atomic E-state index is 11.2. The molecule has 0 radical (unpaired) electrons. The van der Waals surface area contributed by atoms with E-state index in [-0.39, 0.29) is 5.78 Å². The third-order valence-electron chi connectivity index (χ3n) is 3.07. The van der Waals surface area contributed by atoms with Crippen LogP contribution < -0.4 is 4.74 Å². The zero-order valence-electron chi connectivity index (χ0n) is 11.5. The van der Waals surface area contributed by atoms with Crippen molar-refractivity contribution in [3.05, 3.63) is 36.0 Å². The zero-order chi connectivity index (χ0) is 13.7. The van der Waals surface area contributed by atoms with Crippen LogP contribution in [0, 0.1) is 6.92 Å². The standard InChI is InChI=1S/C16H19NO2/c1-3-14(18)7-5-11-19-15-8-4-6-13-10-9-12(2)17-16(13)15/h4,6,8-10H,3,5,7,11H2,1-2H3. The van der Waals surface area contributed by atoms with E-state index in [2.05, 4.69) is 4.98 Å². The van der Waals surface area contributed by atoms with Crippen molar-refractivity contribution in [1.29, 1.82) is 0 Å². The second-order valence-electron chi connectivity index (χ2n) is 4.62. The molecule has 0 spiro atoms. The van der Waals surface area contributed by atoms with E-state index in [9.17, 15) is 4.79 Å². The van der Waals surface area contributed by atoms with Crippen LogP contribution in [0.2, 0.25) is 0 Å². The molecule has 0 aliphatic carbocycles. The van der Waals surface area contributed by atoms with E-state index in [4.69, 9.17) is 4.74 Å². The maximum Gasteiger partial charge on any atom is 0.145 e. The summed E-state index contributed by atoms with van der Waals surface area (Å²) in [6.45, 7) is 4.41. The Hall–Kier alpha value is -1.90. The lowest BCUT2D eigenvalue weighted by Gasteiger charge is -2.08. The van der Waals surface area contributed by atoms with Crippen molar-refractivity contribution in [2.24, 2.45) is 0 Å². The summed E-state index contributed by atoms with van der Waals surface area (Å²) in [5, 5.41) is 1.08. The molecule has 3 heteroatoms. The van der Waals surface area contributed by atoms with Gasteiger partial charge < -0.3 is 4.74 Å². The van der Waals surface area contributed by atoms with Gasteiger partial charge in [0.15, 0.2) is 0 Å². The molecule has 2 aromatic rings. The molecule has 2 rings (SSSR count). The quantitative estimate of drug-likeness (QED) is 0.741. The van der Waals surface area contributed by atoms with Gasteiger partial charge in [-0.25, -0.2) is 4.98 Å². The Balaban J connectivity index is 2.04. The molecule has 1 aromatic heterocycles. The Morgan fingerprint density at radius 2 is 2.11 bits per heavy atom. The number of ether oxygens (including phenoxy) is 1. The van der Waals surface area contributed by atoms with Crippen LogP contribution in [0.4, 0.5) is 0 Å². The highest BCUT2D eigenvalue weighted by Gasteiger charge is 2.04. The monoisotopic (exact) mass is 257 g/mol. The first kappa shape index (κ1) is 13.5. The van der Waals surface area contributed by atoms with Crippen molar-refractivity contribution in [3.63, 3.8) is 0 Å². The smallest absolute Gasteiger partial charge is 0.145 e. The Labute approximate surface area is 113 Å². The average molecular weight is 257 g/mol. The molecular weight excluding hydrogens is 238 g/mol. The Bertz CT molecular complexity index is 578. The van der Waals surface area contributed by atoms with Crippen molar-refractivity contribution >= 4 is 16.7 Å². The first-order valence-electron chi connectivity index (χ1n) is 6.71. The summed E-state index contributed by atoms with van der Waals surface area (Å²) in [6, 6.07) is 9.95. The van der Waals surface area contributed by atoms with Gasteiger partial charge in [0.1, 0.15) is 17.0 Å². The second-order valence-corrected chi connectivity index (χ2v) is 4.62. The topological polar surface area (TPSA) is 39.2 Å². The molecule has 0 aliphatic rings. The number of aromatic nitrogens is 1. The number of nitrogens with zero attached hydrogens (tertiary/aromatic N) is 1. The lowest BCUT2D eigenvalue weighted by Crippen LogP contribution is -2.02. The number of para-hydroxylation sites is 1. The molecule has 0 N–H and O–H groups in total. The van der Waals surface area contributed by atoms with E-state index >= 15 is 0 Å². The van der Waals surface area contributed by atoms with Crippen molar-refractivity contribution < 1.29 is 9.53 Å². The van der Waals surface area contributed by atoms with Gasteiger partial charge in [-0.2, -0.15) is 0 Å². The third-order valence-corrected chi connectivity index (χ3v) is 3.07. The minimum Gasteiger partial charge on any atom is -0.491 e. The summed E-state index contributed by atoms with van der Waals surface area (Å²) in [7, 11) is 0. The minimum absolute atomic E-state index is 0.287. The van der Waals surface area contributed by atoms with Gasteiger partial charge >= 0.3 is 0 Å². The number of pyridine rings is 1. The first-order chi connectivity index (χ1) is 9.20. The summed E-state index contributed by atoms with van der Waals surface area (Å²) >= 11 is 0. The number of fused-ring (bicyclic) bond motifs is 1. The van der Waals surface area contributed by atoms with Gasteiger partial charge in [0.2, 0.25) is 0 Å². The second kappa shape index (κ2) is 6.32. The predicted molar refractivity (Wildman–Crippen MR) is 76.5 cm³/mol. The van der Waals surface area contributed by atoms with E-state index in [1.54, 1.807) is 0 Å². The van der Waals surface area contributed by atoms with Crippen LogP contribution in [0.5, 0.6) is 5.75 Å². The molecule has 0 bridgehead atoms. The molecule has 0 aliphatic heterocycles. The third kappa shape index (κ3) is 3.53. The van der Waals surface area contributed by atoms with Crippen LogP contribution >= 0.6 is 0 Å². The van der Waals surface area contributed by atoms with Gasteiger partial charge in [-0.05, 0) is 25.5 Å². The highest BCUT2D eigenvalue weighted by molar-refractivity contribution is 5.84. The zero-order valence-corrected chi connectivity index (χ0v) is 11.5. The van der Waals surface area contributed by atoms with Gasteiger partial charge in [-0.15, -0.1) is 0 Å². The summed E-state index contributed by atoms with van der Waals surface area (Å²) in [6.07, 6.45) is 1.96. The normalized spacial score (nSPS) is 10.6. The number of hydrogen-bond acceptors (Lipinski definition) is 3. The van der Waals surface area contributed by atoms with Gasteiger partial charge in [-0.3, -0.25) is 4.79 Å². The van der Waals surface area contributed by atoms with E-state index in [0.29, 0.717) is 19.4 Å². The maximum atomic E-state index is 11.2. The van der Waals surface area contributed by atoms with Crippen molar-refractivity contribution in [3.8, 4) is 5.75 Å². The lowest BCUT2D eigenvalue weighted by molar-refractivity contribution is -0.118. The van der Waals surface area contributed by atoms with Gasteiger partial charge in [0.05, 0.1) is 6.61 Å². The number of aryl methyl sites for hydroxylation is 1. The summed E-state index contributed by atoms with van der Waals surface area (Å²) in [4.78, 5) is 15.7. The minimum atomic E-state index is 0.287. The van der Waals surface area contributed by atoms with Crippen LogP contribution in [-0.4, -0.2) is 17.4 Å². The van der Waals surface area contributed by atoms with Crippen LogP contribution in [0.15, 0.2) is 30.3 Å². The number of benzene rings is 1. The van der Waals surface area contributed by atoms with E-state index in [1.807, 2.05) is 44.2 Å². The van der Waals surface area contributed by atoms with E-state index in [1.165, 1.54) is 0 Å². The number of hydrogen-bond donors (Lipinski definition) is 0. The van der Waals surface area contributed by atoms with Crippen LogP contribution in [0.3, 0.4) is 0 Å². The number of carbonyl (C=O) groups excluding carboxylic acids is 1. The van der Waals surface area contributed by atoms with Crippen molar-refractivity contribution in [1.82, 2.24) is 4.98 Å². The molecule has 100 valence electrons. The molecule has 0 amide bonds. The number of rotatable bonds is 6. The van der Waals surface area contributed by atoms with Crippen molar-refractivity contribution in [2.75, 3.05) is 6.61 Å². The van der Waals surface area contributed by atoms with Gasteiger partial charge in [-0.1, -0.05) is 25.1 Å². The van der Waals surface area contributed by atoms with Crippen molar-refractivity contribution in [2.45, 2.75) is 33.1 Å². The fourth-order valence-corrected chi connectivity index (χ4v) is 1.96. The SMILES string of the molecule is CCC(=O)CCCOc1cccc2ccc(C)nc12. The molecule has 19 heavy (non-hydrogen) atoms. The summed E-state index contributed by atoms with van der Waals surface area (Å²) < 4.78 is 5.75. The molecular formula is C16H19NO2. The number of carbonyl (C=O) groups is 1. The summed E-state index contributed by atoms with van der Waals surface area (Å²) in [5.74, 6) is 1.08.